The fourth-order valence-corrected chi connectivity index (χ4v) is 5.65. The van der Waals surface area contributed by atoms with Crippen LogP contribution in [0.15, 0.2) is 72.2 Å². The van der Waals surface area contributed by atoms with Crippen molar-refractivity contribution in [2.75, 3.05) is 19.1 Å². The molecule has 2 aromatic rings. The van der Waals surface area contributed by atoms with Gasteiger partial charge in [-0.05, 0) is 53.8 Å². The fraction of sp³-hybridized carbons (Fsp3) is 0.444. The molecule has 0 spiro atoms. The zero-order valence-electron chi connectivity index (χ0n) is 21.7. The highest BCUT2D eigenvalue weighted by Crippen LogP contribution is 2.38. The summed E-state index contributed by atoms with van der Waals surface area (Å²) >= 11 is 1.84. The number of hydrogen-bond acceptors (Lipinski definition) is 8. The lowest BCUT2D eigenvalue weighted by Gasteiger charge is -2.35. The Morgan fingerprint density at radius 2 is 1.86 bits per heavy atom. The van der Waals surface area contributed by atoms with E-state index >= 15 is 0 Å². The van der Waals surface area contributed by atoms with Crippen LogP contribution in [-0.4, -0.2) is 41.9 Å². The summed E-state index contributed by atoms with van der Waals surface area (Å²) < 4.78 is 5.39. The Kier molecular flexibility index (Phi) is 9.63. The fourth-order valence-electron chi connectivity index (χ4n) is 4.44. The third kappa shape index (κ3) is 6.19. The zero-order valence-corrected chi connectivity index (χ0v) is 22.5. The third-order valence-corrected chi connectivity index (χ3v) is 7.59. The second-order valence-corrected chi connectivity index (χ2v) is 9.93. The zero-order chi connectivity index (χ0) is 25.5. The molecule has 0 saturated carbocycles. The molecule has 4 unspecified atom stereocenters. The SMILES string of the molecule is CC.COc1ccc(N2C(C3=CC(C(C)C)C(N)C=C3N)NN(C)C2SCc2cccnc2)cc1. The average Bonchev–Trinajstić information content (AvgIpc) is 3.20. The maximum absolute atomic E-state index is 6.55. The van der Waals surface area contributed by atoms with Gasteiger partial charge >= 0.3 is 0 Å². The summed E-state index contributed by atoms with van der Waals surface area (Å²) in [5.41, 5.74) is 20.7. The van der Waals surface area contributed by atoms with Gasteiger partial charge in [0.25, 0.3) is 0 Å². The van der Waals surface area contributed by atoms with Crippen LogP contribution in [0.4, 0.5) is 5.69 Å². The molecule has 4 atom stereocenters. The molecule has 0 radical (unpaired) electrons. The highest BCUT2D eigenvalue weighted by Gasteiger charge is 2.41. The van der Waals surface area contributed by atoms with E-state index in [2.05, 4.69) is 65.5 Å². The van der Waals surface area contributed by atoms with Crippen LogP contribution >= 0.6 is 11.8 Å². The van der Waals surface area contributed by atoms with Gasteiger partial charge in [0.1, 0.15) is 17.4 Å². The quantitative estimate of drug-likeness (QED) is 0.523. The van der Waals surface area contributed by atoms with Crippen molar-refractivity contribution in [2.24, 2.45) is 23.3 Å². The normalized spacial score (nSPS) is 24.5. The number of anilines is 1. The van der Waals surface area contributed by atoms with Gasteiger partial charge in [-0.15, -0.1) is 11.8 Å². The van der Waals surface area contributed by atoms with Crippen molar-refractivity contribution in [3.8, 4) is 5.75 Å². The molecule has 0 bridgehead atoms. The maximum atomic E-state index is 6.55. The summed E-state index contributed by atoms with van der Waals surface area (Å²) in [5.74, 6) is 2.33. The van der Waals surface area contributed by atoms with E-state index in [9.17, 15) is 0 Å². The molecule has 2 heterocycles. The van der Waals surface area contributed by atoms with Gasteiger partial charge in [-0.25, -0.2) is 10.4 Å². The molecule has 4 rings (SSSR count). The molecular formula is C27H40N6OS. The molecular weight excluding hydrogens is 456 g/mol. The molecule has 2 aliphatic rings. The van der Waals surface area contributed by atoms with E-state index in [1.54, 1.807) is 13.3 Å². The molecule has 1 saturated heterocycles. The number of nitrogens with one attached hydrogen (secondary N) is 1. The van der Waals surface area contributed by atoms with Gasteiger partial charge in [0.2, 0.25) is 0 Å². The van der Waals surface area contributed by atoms with Gasteiger partial charge in [0.15, 0.2) is 0 Å². The molecule has 35 heavy (non-hydrogen) atoms. The highest BCUT2D eigenvalue weighted by molar-refractivity contribution is 7.99. The third-order valence-electron chi connectivity index (χ3n) is 6.25. The molecule has 8 heteroatoms. The summed E-state index contributed by atoms with van der Waals surface area (Å²) in [7, 11) is 3.76. The van der Waals surface area contributed by atoms with Crippen LogP contribution in [0.2, 0.25) is 0 Å². The molecule has 7 nitrogen and oxygen atoms in total. The van der Waals surface area contributed by atoms with E-state index in [0.717, 1.165) is 28.5 Å². The molecule has 5 N–H and O–H groups in total. The molecule has 0 amide bonds. The number of thioether (sulfide) groups is 1. The van der Waals surface area contributed by atoms with E-state index in [1.807, 2.05) is 56.1 Å². The van der Waals surface area contributed by atoms with Gasteiger partial charge in [-0.1, -0.05) is 39.8 Å². The van der Waals surface area contributed by atoms with Crippen molar-refractivity contribution in [2.45, 2.75) is 51.2 Å². The minimum atomic E-state index is -0.111. The number of benzene rings is 1. The van der Waals surface area contributed by atoms with E-state index in [-0.39, 0.29) is 23.6 Å². The van der Waals surface area contributed by atoms with Gasteiger partial charge < -0.3 is 21.1 Å². The van der Waals surface area contributed by atoms with Crippen molar-refractivity contribution in [1.82, 2.24) is 15.4 Å². The summed E-state index contributed by atoms with van der Waals surface area (Å²) in [6.45, 7) is 8.41. The topological polar surface area (TPSA) is 92.7 Å². The van der Waals surface area contributed by atoms with Crippen molar-refractivity contribution in [3.63, 3.8) is 0 Å². The second-order valence-electron chi connectivity index (χ2n) is 8.89. The lowest BCUT2D eigenvalue weighted by atomic mass is 9.82. The minimum absolute atomic E-state index is 0.0467. The number of methoxy groups -OCH3 is 1. The van der Waals surface area contributed by atoms with Gasteiger partial charge in [-0.2, -0.15) is 0 Å². The Bertz CT molecular complexity index is 994. The van der Waals surface area contributed by atoms with E-state index in [4.69, 9.17) is 16.2 Å². The molecule has 1 aromatic carbocycles. The monoisotopic (exact) mass is 496 g/mol. The number of nitrogens with zero attached hydrogens (tertiary/aromatic N) is 3. The number of rotatable bonds is 7. The predicted molar refractivity (Wildman–Crippen MR) is 147 cm³/mol. The van der Waals surface area contributed by atoms with E-state index in [1.165, 1.54) is 5.56 Å². The Morgan fingerprint density at radius 1 is 1.14 bits per heavy atom. The smallest absolute Gasteiger partial charge is 0.145 e. The summed E-state index contributed by atoms with van der Waals surface area (Å²) in [6, 6.07) is 12.2. The Balaban J connectivity index is 0.00000167. The van der Waals surface area contributed by atoms with Crippen LogP contribution in [0.25, 0.3) is 0 Å². The van der Waals surface area contributed by atoms with Crippen LogP contribution in [-0.2, 0) is 5.75 Å². The lowest BCUT2D eigenvalue weighted by Crippen LogP contribution is -2.44. The van der Waals surface area contributed by atoms with Crippen molar-refractivity contribution in [3.05, 3.63) is 77.8 Å². The summed E-state index contributed by atoms with van der Waals surface area (Å²) in [5, 5.41) is 2.16. The number of hydrazine groups is 1. The first kappa shape index (κ1) is 27.1. The van der Waals surface area contributed by atoms with Crippen LogP contribution in [0.1, 0.15) is 33.3 Å². The molecule has 1 aliphatic heterocycles. The number of pyridine rings is 1. The Labute approximate surface area is 214 Å². The molecule has 1 aliphatic carbocycles. The van der Waals surface area contributed by atoms with Gasteiger partial charge in [-0.3, -0.25) is 4.98 Å². The predicted octanol–water partition coefficient (Wildman–Crippen LogP) is 4.30. The van der Waals surface area contributed by atoms with Crippen LogP contribution in [0, 0.1) is 11.8 Å². The second kappa shape index (κ2) is 12.4. The summed E-state index contributed by atoms with van der Waals surface area (Å²) in [4.78, 5) is 6.64. The highest BCUT2D eigenvalue weighted by atomic mass is 32.2. The van der Waals surface area contributed by atoms with Crippen LogP contribution in [0.5, 0.6) is 5.75 Å². The van der Waals surface area contributed by atoms with Gasteiger partial charge in [0.05, 0.1) is 7.11 Å². The van der Waals surface area contributed by atoms with E-state index < -0.39 is 0 Å². The first-order chi connectivity index (χ1) is 16.9. The Hall–Kier alpha value is -2.52. The minimum Gasteiger partial charge on any atom is -0.497 e. The van der Waals surface area contributed by atoms with Gasteiger partial charge in [0, 0.05) is 48.2 Å². The van der Waals surface area contributed by atoms with Crippen molar-refractivity contribution in [1.29, 1.82) is 0 Å². The lowest BCUT2D eigenvalue weighted by molar-refractivity contribution is 0.282. The molecule has 1 fully saturated rings. The molecule has 1 aromatic heterocycles. The number of hydrogen-bond donors (Lipinski definition) is 3. The van der Waals surface area contributed by atoms with Crippen molar-refractivity contribution < 1.29 is 4.74 Å². The maximum Gasteiger partial charge on any atom is 0.145 e. The van der Waals surface area contributed by atoms with Crippen molar-refractivity contribution >= 4 is 17.4 Å². The first-order valence-electron chi connectivity index (χ1n) is 12.3. The van der Waals surface area contributed by atoms with E-state index in [0.29, 0.717) is 5.92 Å². The standard InChI is InChI=1S/C25H34N6OS.C2H6/c1-16(2)20-12-21(23(27)13-22(20)26)24-29-30(3)25(33-15-17-6-5-11-28-14-17)31(24)18-7-9-19(32-4)10-8-18;1-2/h5-14,16,20,22,24-25,29H,15,26-27H2,1-4H3;1-2H3. The number of nitrogens with two attached hydrogens (primary N) is 2. The average molecular weight is 497 g/mol. The number of aromatic nitrogens is 1. The van der Waals surface area contributed by atoms with Crippen LogP contribution < -0.4 is 26.5 Å². The summed E-state index contributed by atoms with van der Waals surface area (Å²) in [6.07, 6.45) is 7.88. The molecule has 190 valence electrons. The largest absolute Gasteiger partial charge is 0.497 e. The number of ether oxygens (including phenoxy) is 1. The first-order valence-corrected chi connectivity index (χ1v) is 13.3. The van der Waals surface area contributed by atoms with Crippen LogP contribution in [0.3, 0.4) is 0 Å². The Morgan fingerprint density at radius 3 is 2.46 bits per heavy atom.